The lowest BCUT2D eigenvalue weighted by molar-refractivity contribution is 0.0680. The normalized spacial score (nSPS) is 16.6. The molecule has 25 heavy (non-hydrogen) atoms. The van der Waals surface area contributed by atoms with Crippen LogP contribution in [0.3, 0.4) is 0 Å². The Kier molecular flexibility index (Phi) is 6.18. The maximum absolute atomic E-state index is 5.83. The number of benzene rings is 2. The molecule has 2 aromatic rings. The summed E-state index contributed by atoms with van der Waals surface area (Å²) in [6.07, 6.45) is 2.46. The molecule has 0 bridgehead atoms. The van der Waals surface area contributed by atoms with Crippen molar-refractivity contribution >= 4 is 5.69 Å². The van der Waals surface area contributed by atoms with Crippen LogP contribution in [0.5, 0.6) is 11.5 Å². The largest absolute Gasteiger partial charge is 0.492 e. The van der Waals surface area contributed by atoms with E-state index >= 15 is 0 Å². The minimum absolute atomic E-state index is 0.239. The molecule has 1 unspecified atom stereocenters. The lowest BCUT2D eigenvalue weighted by Crippen LogP contribution is -2.16. The summed E-state index contributed by atoms with van der Waals surface area (Å²) in [5.74, 6) is 1.79. The van der Waals surface area contributed by atoms with Crippen LogP contribution in [0.2, 0.25) is 0 Å². The molecule has 0 radical (unpaired) electrons. The third-order valence-corrected chi connectivity index (χ3v) is 4.47. The van der Waals surface area contributed by atoms with Crippen LogP contribution in [-0.2, 0) is 4.74 Å². The molecule has 1 fully saturated rings. The van der Waals surface area contributed by atoms with Crippen LogP contribution in [0.1, 0.15) is 24.0 Å². The highest BCUT2D eigenvalue weighted by Gasteiger charge is 2.15. The van der Waals surface area contributed by atoms with E-state index in [9.17, 15) is 0 Å². The Bertz CT molecular complexity index is 681. The predicted octanol–water partition coefficient (Wildman–Crippen LogP) is 4.35. The third kappa shape index (κ3) is 5.40. The van der Waals surface area contributed by atoms with Gasteiger partial charge in [-0.05, 0) is 62.1 Å². The Hall–Kier alpha value is -2.20. The zero-order valence-electron chi connectivity index (χ0n) is 15.1. The Labute approximate surface area is 150 Å². The zero-order chi connectivity index (χ0) is 17.5. The van der Waals surface area contributed by atoms with Gasteiger partial charge >= 0.3 is 0 Å². The monoisotopic (exact) mass is 341 g/mol. The molecule has 1 aliphatic heterocycles. The molecule has 0 saturated carbocycles. The van der Waals surface area contributed by atoms with Crippen LogP contribution in [0.15, 0.2) is 42.5 Å². The Morgan fingerprint density at radius 1 is 1.04 bits per heavy atom. The van der Waals surface area contributed by atoms with Gasteiger partial charge in [-0.2, -0.15) is 0 Å². The van der Waals surface area contributed by atoms with Crippen LogP contribution < -0.4 is 14.8 Å². The molecule has 1 heterocycles. The van der Waals surface area contributed by atoms with Gasteiger partial charge in [-0.3, -0.25) is 0 Å². The number of hydrogen-bond donors (Lipinski definition) is 1. The molecule has 4 nitrogen and oxygen atoms in total. The molecule has 0 spiro atoms. The number of aryl methyl sites for hydroxylation is 2. The summed E-state index contributed by atoms with van der Waals surface area (Å²) in [5, 5.41) is 3.37. The fraction of sp³-hybridized carbons (Fsp3) is 0.429. The van der Waals surface area contributed by atoms with Crippen molar-refractivity contribution in [1.82, 2.24) is 0 Å². The van der Waals surface area contributed by atoms with Gasteiger partial charge in [0.2, 0.25) is 0 Å². The number of rotatable bonds is 8. The van der Waals surface area contributed by atoms with Gasteiger partial charge in [0.05, 0.1) is 6.10 Å². The summed E-state index contributed by atoms with van der Waals surface area (Å²) in [6.45, 7) is 7.04. The van der Waals surface area contributed by atoms with Crippen molar-refractivity contribution in [2.24, 2.45) is 0 Å². The van der Waals surface area contributed by atoms with Crippen LogP contribution >= 0.6 is 0 Å². The average Bonchev–Trinajstić information content (AvgIpc) is 3.14. The zero-order valence-corrected chi connectivity index (χ0v) is 15.1. The first-order chi connectivity index (χ1) is 12.2. The van der Waals surface area contributed by atoms with Gasteiger partial charge in [-0.1, -0.05) is 12.1 Å². The quantitative estimate of drug-likeness (QED) is 0.725. The Balaban J connectivity index is 1.41. The standard InChI is InChI=1S/C21H27NO3/c1-16-8-9-20(13-17(16)2)24-12-10-22-18-5-3-6-19(14-18)25-15-21-7-4-11-23-21/h3,5-6,8-9,13-14,21-22H,4,7,10-12,15H2,1-2H3. The first-order valence-electron chi connectivity index (χ1n) is 8.99. The van der Waals surface area contributed by atoms with Crippen LogP contribution in [0.25, 0.3) is 0 Å². The van der Waals surface area contributed by atoms with E-state index in [1.54, 1.807) is 0 Å². The van der Waals surface area contributed by atoms with Gasteiger partial charge in [0, 0.05) is 24.9 Å². The van der Waals surface area contributed by atoms with Crippen molar-refractivity contribution in [1.29, 1.82) is 0 Å². The first kappa shape index (κ1) is 17.6. The van der Waals surface area contributed by atoms with E-state index in [0.29, 0.717) is 13.2 Å². The highest BCUT2D eigenvalue weighted by Crippen LogP contribution is 2.20. The predicted molar refractivity (Wildman–Crippen MR) is 101 cm³/mol. The molecule has 1 aliphatic rings. The van der Waals surface area contributed by atoms with Crippen molar-refractivity contribution < 1.29 is 14.2 Å². The highest BCUT2D eigenvalue weighted by molar-refractivity contribution is 5.48. The molecule has 0 aromatic heterocycles. The van der Waals surface area contributed by atoms with Crippen molar-refractivity contribution in [2.75, 3.05) is 31.7 Å². The molecule has 1 saturated heterocycles. The smallest absolute Gasteiger partial charge is 0.121 e. The topological polar surface area (TPSA) is 39.7 Å². The molecule has 1 atom stereocenters. The summed E-state index contributed by atoms with van der Waals surface area (Å²) in [4.78, 5) is 0. The Morgan fingerprint density at radius 2 is 1.92 bits per heavy atom. The lowest BCUT2D eigenvalue weighted by Gasteiger charge is -2.13. The van der Waals surface area contributed by atoms with E-state index in [4.69, 9.17) is 14.2 Å². The minimum atomic E-state index is 0.239. The second kappa shape index (κ2) is 8.77. The van der Waals surface area contributed by atoms with Crippen LogP contribution in [0.4, 0.5) is 5.69 Å². The van der Waals surface area contributed by atoms with Crippen molar-refractivity contribution in [3.63, 3.8) is 0 Å². The third-order valence-electron chi connectivity index (χ3n) is 4.47. The lowest BCUT2D eigenvalue weighted by atomic mass is 10.1. The summed E-state index contributed by atoms with van der Waals surface area (Å²) in [6, 6.07) is 14.2. The van der Waals surface area contributed by atoms with Gasteiger partial charge in [0.25, 0.3) is 0 Å². The van der Waals surface area contributed by atoms with Crippen molar-refractivity contribution in [3.05, 3.63) is 53.6 Å². The maximum atomic E-state index is 5.83. The fourth-order valence-corrected chi connectivity index (χ4v) is 2.83. The summed E-state index contributed by atoms with van der Waals surface area (Å²) in [5.41, 5.74) is 3.57. The van der Waals surface area contributed by atoms with Crippen molar-refractivity contribution in [2.45, 2.75) is 32.8 Å². The number of nitrogens with one attached hydrogen (secondary N) is 1. The minimum Gasteiger partial charge on any atom is -0.492 e. The van der Waals surface area contributed by atoms with E-state index in [2.05, 4.69) is 31.3 Å². The summed E-state index contributed by atoms with van der Waals surface area (Å²) < 4.78 is 17.2. The van der Waals surface area contributed by atoms with Crippen LogP contribution in [0, 0.1) is 13.8 Å². The second-order valence-electron chi connectivity index (χ2n) is 6.50. The van der Waals surface area contributed by atoms with E-state index in [1.807, 2.05) is 30.3 Å². The van der Waals surface area contributed by atoms with E-state index in [-0.39, 0.29) is 6.10 Å². The Morgan fingerprint density at radius 3 is 2.72 bits per heavy atom. The fourth-order valence-electron chi connectivity index (χ4n) is 2.83. The van der Waals surface area contributed by atoms with Gasteiger partial charge in [0.15, 0.2) is 0 Å². The molecular weight excluding hydrogens is 314 g/mol. The second-order valence-corrected chi connectivity index (χ2v) is 6.50. The highest BCUT2D eigenvalue weighted by atomic mass is 16.5. The number of hydrogen-bond acceptors (Lipinski definition) is 4. The van der Waals surface area contributed by atoms with Crippen LogP contribution in [-0.4, -0.2) is 32.5 Å². The summed E-state index contributed by atoms with van der Waals surface area (Å²) >= 11 is 0. The van der Waals surface area contributed by atoms with Gasteiger partial charge in [-0.15, -0.1) is 0 Å². The summed E-state index contributed by atoms with van der Waals surface area (Å²) in [7, 11) is 0. The first-order valence-corrected chi connectivity index (χ1v) is 8.99. The maximum Gasteiger partial charge on any atom is 0.121 e. The average molecular weight is 341 g/mol. The van der Waals surface area contributed by atoms with Gasteiger partial charge in [-0.25, -0.2) is 0 Å². The molecule has 134 valence electrons. The van der Waals surface area contributed by atoms with E-state index in [1.165, 1.54) is 11.1 Å². The van der Waals surface area contributed by atoms with Crippen molar-refractivity contribution in [3.8, 4) is 11.5 Å². The molecule has 1 N–H and O–H groups in total. The molecular formula is C21H27NO3. The van der Waals surface area contributed by atoms with Gasteiger partial charge in [0.1, 0.15) is 24.7 Å². The van der Waals surface area contributed by atoms with Gasteiger partial charge < -0.3 is 19.5 Å². The van der Waals surface area contributed by atoms with E-state index in [0.717, 1.165) is 43.2 Å². The molecule has 4 heteroatoms. The number of anilines is 1. The SMILES string of the molecule is Cc1ccc(OCCNc2cccc(OCC3CCCO3)c2)cc1C. The molecule has 0 aliphatic carbocycles. The molecule has 3 rings (SSSR count). The number of ether oxygens (including phenoxy) is 3. The van der Waals surface area contributed by atoms with E-state index < -0.39 is 0 Å². The molecule has 0 amide bonds. The molecule has 2 aromatic carbocycles.